The maximum Gasteiger partial charge on any atom is 0.241 e. The molecule has 19 heavy (non-hydrogen) atoms. The number of sulfone groups is 1. The van der Waals surface area contributed by atoms with Gasteiger partial charge in [0.05, 0.1) is 5.75 Å². The van der Waals surface area contributed by atoms with Crippen LogP contribution in [0.1, 0.15) is 18.5 Å². The van der Waals surface area contributed by atoms with E-state index < -0.39 is 21.9 Å². The first-order valence-electron chi connectivity index (χ1n) is 5.58. The van der Waals surface area contributed by atoms with E-state index in [0.717, 1.165) is 6.26 Å². The van der Waals surface area contributed by atoms with E-state index in [4.69, 9.17) is 5.73 Å². The molecule has 1 aromatic rings. The summed E-state index contributed by atoms with van der Waals surface area (Å²) in [5.74, 6) is -0.474. The van der Waals surface area contributed by atoms with Gasteiger partial charge in [0.25, 0.3) is 0 Å². The molecule has 1 amide bonds. The van der Waals surface area contributed by atoms with Crippen LogP contribution >= 0.6 is 12.4 Å². The van der Waals surface area contributed by atoms with Gasteiger partial charge in [0.2, 0.25) is 5.91 Å². The van der Waals surface area contributed by atoms with Crippen LogP contribution in [0.2, 0.25) is 0 Å². The van der Waals surface area contributed by atoms with Crippen LogP contribution < -0.4 is 11.1 Å². The van der Waals surface area contributed by atoms with Crippen LogP contribution in [0.15, 0.2) is 30.3 Å². The second-order valence-electron chi connectivity index (χ2n) is 4.39. The number of benzene rings is 1. The Balaban J connectivity index is 0.00000324. The Labute approximate surface area is 119 Å². The molecule has 2 atom stereocenters. The van der Waals surface area contributed by atoms with Crippen molar-refractivity contribution < 1.29 is 13.2 Å². The predicted molar refractivity (Wildman–Crippen MR) is 77.9 cm³/mol. The number of carbonyl (C=O) groups excluding carboxylic acids is 1. The Bertz CT molecular complexity index is 505. The Hall–Kier alpha value is -1.11. The second kappa shape index (κ2) is 7.47. The fourth-order valence-corrected chi connectivity index (χ4v) is 2.63. The van der Waals surface area contributed by atoms with Gasteiger partial charge in [-0.2, -0.15) is 0 Å². The minimum absolute atomic E-state index is 0. The molecule has 0 aliphatic heterocycles. The molecule has 1 aromatic carbocycles. The average Bonchev–Trinajstić information content (AvgIpc) is 2.26. The minimum atomic E-state index is -3.11. The molecule has 1 rings (SSSR count). The maximum absolute atomic E-state index is 11.8. The highest BCUT2D eigenvalue weighted by Crippen LogP contribution is 2.09. The Kier molecular flexibility index (Phi) is 7.04. The lowest BCUT2D eigenvalue weighted by molar-refractivity contribution is -0.122. The molecule has 2 unspecified atom stereocenters. The molecule has 0 saturated carbocycles. The summed E-state index contributed by atoms with van der Waals surface area (Å²) in [5, 5.41) is 2.59. The van der Waals surface area contributed by atoms with Gasteiger partial charge in [0.15, 0.2) is 0 Å². The van der Waals surface area contributed by atoms with Gasteiger partial charge in [-0.15, -0.1) is 12.4 Å². The standard InChI is InChI=1S/C12H18N2O3S.ClH/c1-9(8-18(2,16)17)14-12(15)11(13)10-6-4-3-5-7-10;/h3-7,9,11H,8,13H2,1-2H3,(H,14,15);1H. The summed E-state index contributed by atoms with van der Waals surface area (Å²) in [6, 6.07) is 7.69. The lowest BCUT2D eigenvalue weighted by Crippen LogP contribution is -2.42. The molecule has 0 aliphatic rings. The fourth-order valence-electron chi connectivity index (χ4n) is 1.64. The lowest BCUT2D eigenvalue weighted by atomic mass is 10.1. The van der Waals surface area contributed by atoms with E-state index in [1.165, 1.54) is 0 Å². The quantitative estimate of drug-likeness (QED) is 0.836. The van der Waals surface area contributed by atoms with Crippen molar-refractivity contribution >= 4 is 28.2 Å². The zero-order valence-corrected chi connectivity index (χ0v) is 12.5. The summed E-state index contributed by atoms with van der Waals surface area (Å²) < 4.78 is 22.2. The molecule has 108 valence electrons. The van der Waals surface area contributed by atoms with Crippen molar-refractivity contribution in [3.8, 4) is 0 Å². The Morgan fingerprint density at radius 2 is 1.84 bits per heavy atom. The van der Waals surface area contributed by atoms with Gasteiger partial charge in [-0.3, -0.25) is 4.79 Å². The molecule has 0 bridgehead atoms. The second-order valence-corrected chi connectivity index (χ2v) is 6.58. The summed E-state index contributed by atoms with van der Waals surface area (Å²) in [7, 11) is -3.11. The highest BCUT2D eigenvalue weighted by molar-refractivity contribution is 7.90. The van der Waals surface area contributed by atoms with E-state index in [9.17, 15) is 13.2 Å². The lowest BCUT2D eigenvalue weighted by Gasteiger charge is -2.17. The topological polar surface area (TPSA) is 89.3 Å². The van der Waals surface area contributed by atoms with E-state index >= 15 is 0 Å². The number of halogens is 1. The van der Waals surface area contributed by atoms with Gasteiger partial charge >= 0.3 is 0 Å². The minimum Gasteiger partial charge on any atom is -0.351 e. The van der Waals surface area contributed by atoms with Gasteiger partial charge < -0.3 is 11.1 Å². The van der Waals surface area contributed by atoms with Crippen molar-refractivity contribution in [2.24, 2.45) is 5.73 Å². The first kappa shape index (κ1) is 17.9. The molecule has 0 heterocycles. The molecule has 0 spiro atoms. The van der Waals surface area contributed by atoms with Crippen molar-refractivity contribution in [3.63, 3.8) is 0 Å². The van der Waals surface area contributed by atoms with Crippen LogP contribution in [0, 0.1) is 0 Å². The molecular weight excluding hydrogens is 288 g/mol. The third-order valence-corrected chi connectivity index (χ3v) is 3.49. The summed E-state index contributed by atoms with van der Waals surface area (Å²) in [6.07, 6.45) is 1.13. The van der Waals surface area contributed by atoms with Crippen molar-refractivity contribution in [3.05, 3.63) is 35.9 Å². The first-order chi connectivity index (χ1) is 8.29. The number of hydrogen-bond donors (Lipinski definition) is 2. The van der Waals surface area contributed by atoms with E-state index in [1.54, 1.807) is 31.2 Å². The molecule has 0 aromatic heterocycles. The smallest absolute Gasteiger partial charge is 0.241 e. The van der Waals surface area contributed by atoms with Crippen LogP contribution in [-0.4, -0.2) is 32.4 Å². The summed E-state index contributed by atoms with van der Waals surface area (Å²) in [4.78, 5) is 11.8. The number of carbonyl (C=O) groups is 1. The number of nitrogens with two attached hydrogens (primary N) is 1. The monoisotopic (exact) mass is 306 g/mol. The largest absolute Gasteiger partial charge is 0.351 e. The molecule has 0 aliphatic carbocycles. The van der Waals surface area contributed by atoms with Crippen LogP contribution in [0.5, 0.6) is 0 Å². The zero-order chi connectivity index (χ0) is 13.8. The summed E-state index contributed by atoms with van der Waals surface area (Å²) in [6.45, 7) is 1.64. The molecule has 3 N–H and O–H groups in total. The highest BCUT2D eigenvalue weighted by atomic mass is 35.5. The number of rotatable bonds is 5. The van der Waals surface area contributed by atoms with Crippen molar-refractivity contribution in [1.82, 2.24) is 5.32 Å². The maximum atomic E-state index is 11.8. The van der Waals surface area contributed by atoms with Gasteiger partial charge in [-0.1, -0.05) is 30.3 Å². The van der Waals surface area contributed by atoms with E-state index in [0.29, 0.717) is 5.56 Å². The average molecular weight is 307 g/mol. The molecular formula is C12H19ClN2O3S. The molecule has 7 heteroatoms. The molecule has 0 saturated heterocycles. The molecule has 0 radical (unpaired) electrons. The van der Waals surface area contributed by atoms with Crippen LogP contribution in [0.4, 0.5) is 0 Å². The van der Waals surface area contributed by atoms with Crippen LogP contribution in [-0.2, 0) is 14.6 Å². The van der Waals surface area contributed by atoms with Crippen molar-refractivity contribution in [2.75, 3.05) is 12.0 Å². The Morgan fingerprint density at radius 3 is 2.32 bits per heavy atom. The van der Waals surface area contributed by atoms with Gasteiger partial charge in [-0.25, -0.2) is 8.42 Å². The highest BCUT2D eigenvalue weighted by Gasteiger charge is 2.19. The van der Waals surface area contributed by atoms with Gasteiger partial charge in [-0.05, 0) is 12.5 Å². The van der Waals surface area contributed by atoms with E-state index in [1.807, 2.05) is 6.07 Å². The fraction of sp³-hybridized carbons (Fsp3) is 0.417. The normalized spacial score (nSPS) is 14.1. The number of hydrogen-bond acceptors (Lipinski definition) is 4. The van der Waals surface area contributed by atoms with Crippen molar-refractivity contribution in [1.29, 1.82) is 0 Å². The third kappa shape index (κ3) is 6.56. The van der Waals surface area contributed by atoms with Crippen LogP contribution in [0.3, 0.4) is 0 Å². The van der Waals surface area contributed by atoms with Gasteiger partial charge in [0.1, 0.15) is 15.9 Å². The number of nitrogens with one attached hydrogen (secondary N) is 1. The van der Waals surface area contributed by atoms with E-state index in [-0.39, 0.29) is 24.1 Å². The van der Waals surface area contributed by atoms with E-state index in [2.05, 4.69) is 5.32 Å². The van der Waals surface area contributed by atoms with Crippen molar-refractivity contribution in [2.45, 2.75) is 19.0 Å². The third-order valence-electron chi connectivity index (χ3n) is 2.38. The zero-order valence-electron chi connectivity index (χ0n) is 10.9. The first-order valence-corrected chi connectivity index (χ1v) is 7.64. The van der Waals surface area contributed by atoms with Gasteiger partial charge in [0, 0.05) is 12.3 Å². The molecule has 0 fully saturated rings. The predicted octanol–water partition coefficient (Wildman–Crippen LogP) is 0.658. The molecule has 5 nitrogen and oxygen atoms in total. The Morgan fingerprint density at radius 1 is 1.32 bits per heavy atom. The SMILES string of the molecule is CC(CS(C)(=O)=O)NC(=O)C(N)c1ccccc1.Cl. The summed E-state index contributed by atoms with van der Waals surface area (Å²) >= 11 is 0. The number of amides is 1. The van der Waals surface area contributed by atoms with Crippen LogP contribution in [0.25, 0.3) is 0 Å². The summed E-state index contributed by atoms with van der Waals surface area (Å²) in [5.41, 5.74) is 6.48.